The van der Waals surface area contributed by atoms with Crippen molar-refractivity contribution in [3.63, 3.8) is 0 Å². The molecule has 110 valence electrons. The van der Waals surface area contributed by atoms with E-state index in [1.54, 1.807) is 0 Å². The van der Waals surface area contributed by atoms with E-state index in [0.717, 1.165) is 22.5 Å². The van der Waals surface area contributed by atoms with E-state index >= 15 is 0 Å². The number of rotatable bonds is 4. The van der Waals surface area contributed by atoms with Gasteiger partial charge in [-0.1, -0.05) is 66.7 Å². The lowest BCUT2D eigenvalue weighted by atomic mass is 9.82. The molecule has 0 amide bonds. The van der Waals surface area contributed by atoms with E-state index in [2.05, 4.69) is 4.98 Å². The molecule has 2 heteroatoms. The largest absolute Gasteiger partial charge is 0.380 e. The highest BCUT2D eigenvalue weighted by Gasteiger charge is 2.32. The zero-order chi connectivity index (χ0) is 15.4. The minimum Gasteiger partial charge on any atom is -0.380 e. The number of pyridine rings is 1. The summed E-state index contributed by atoms with van der Waals surface area (Å²) in [4.78, 5) is 4.55. The normalized spacial score (nSPS) is 11.4. The summed E-state index contributed by atoms with van der Waals surface area (Å²) < 4.78 is 0. The first-order chi connectivity index (χ1) is 10.7. The zero-order valence-corrected chi connectivity index (χ0v) is 12.6. The van der Waals surface area contributed by atoms with Crippen molar-refractivity contribution in [3.8, 4) is 0 Å². The Morgan fingerprint density at radius 3 is 1.82 bits per heavy atom. The summed E-state index contributed by atoms with van der Waals surface area (Å²) in [6, 6.07) is 25.5. The summed E-state index contributed by atoms with van der Waals surface area (Å²) in [7, 11) is 0. The summed E-state index contributed by atoms with van der Waals surface area (Å²) in [5.74, 6) is 0. The molecule has 1 N–H and O–H groups in total. The summed E-state index contributed by atoms with van der Waals surface area (Å²) >= 11 is 0. The molecule has 1 heterocycles. The maximum Gasteiger partial charge on any atom is 0.120 e. The Labute approximate surface area is 131 Å². The standard InChI is InChI=1S/C20H19NO/c1-16-9-8-14-19(21-16)15-20(22,17-10-4-2-5-11-17)18-12-6-3-7-13-18/h2-14,22H,15H2,1H3. The molecule has 0 saturated carbocycles. The SMILES string of the molecule is Cc1cccc(CC(O)(c2ccccc2)c2ccccc2)n1. The topological polar surface area (TPSA) is 33.1 Å². The number of hydrogen-bond donors (Lipinski definition) is 1. The second-order valence-electron chi connectivity index (χ2n) is 5.54. The minimum absolute atomic E-state index is 0.447. The van der Waals surface area contributed by atoms with Crippen LogP contribution in [0.2, 0.25) is 0 Å². The fourth-order valence-corrected chi connectivity index (χ4v) is 2.76. The number of aliphatic hydroxyl groups is 1. The van der Waals surface area contributed by atoms with Crippen molar-refractivity contribution in [2.75, 3.05) is 0 Å². The van der Waals surface area contributed by atoms with Crippen LogP contribution in [0, 0.1) is 6.92 Å². The second-order valence-corrected chi connectivity index (χ2v) is 5.54. The predicted octanol–water partition coefficient (Wildman–Crippen LogP) is 3.87. The number of benzene rings is 2. The molecule has 1 aromatic heterocycles. The molecule has 0 aliphatic carbocycles. The quantitative estimate of drug-likeness (QED) is 0.791. The van der Waals surface area contributed by atoms with E-state index in [1.807, 2.05) is 85.8 Å². The lowest BCUT2D eigenvalue weighted by Gasteiger charge is -2.29. The molecule has 0 radical (unpaired) electrons. The van der Waals surface area contributed by atoms with Gasteiger partial charge in [-0.3, -0.25) is 4.98 Å². The molecule has 0 spiro atoms. The first-order valence-electron chi connectivity index (χ1n) is 7.44. The molecule has 2 aromatic carbocycles. The van der Waals surface area contributed by atoms with Crippen LogP contribution in [-0.2, 0) is 12.0 Å². The molecule has 22 heavy (non-hydrogen) atoms. The molecule has 0 bridgehead atoms. The Morgan fingerprint density at radius 1 is 0.773 bits per heavy atom. The molecular weight excluding hydrogens is 270 g/mol. The van der Waals surface area contributed by atoms with Gasteiger partial charge in [0, 0.05) is 17.8 Å². The van der Waals surface area contributed by atoms with Crippen LogP contribution in [0.4, 0.5) is 0 Å². The van der Waals surface area contributed by atoms with Gasteiger partial charge in [-0.15, -0.1) is 0 Å². The van der Waals surface area contributed by atoms with Gasteiger partial charge in [0.1, 0.15) is 5.60 Å². The summed E-state index contributed by atoms with van der Waals surface area (Å²) in [6.07, 6.45) is 0.447. The van der Waals surface area contributed by atoms with E-state index in [0.29, 0.717) is 6.42 Å². The van der Waals surface area contributed by atoms with E-state index in [-0.39, 0.29) is 0 Å². The third-order valence-corrected chi connectivity index (χ3v) is 3.89. The van der Waals surface area contributed by atoms with Crippen LogP contribution < -0.4 is 0 Å². The molecule has 3 rings (SSSR count). The first-order valence-corrected chi connectivity index (χ1v) is 7.44. The average Bonchev–Trinajstić information content (AvgIpc) is 2.56. The van der Waals surface area contributed by atoms with Crippen molar-refractivity contribution >= 4 is 0 Å². The van der Waals surface area contributed by atoms with Crippen LogP contribution in [0.3, 0.4) is 0 Å². The van der Waals surface area contributed by atoms with Gasteiger partial charge in [-0.25, -0.2) is 0 Å². The van der Waals surface area contributed by atoms with Crippen LogP contribution in [-0.4, -0.2) is 10.1 Å². The van der Waals surface area contributed by atoms with Gasteiger partial charge in [0.25, 0.3) is 0 Å². The molecule has 0 fully saturated rings. The zero-order valence-electron chi connectivity index (χ0n) is 12.6. The lowest BCUT2D eigenvalue weighted by Crippen LogP contribution is -2.30. The lowest BCUT2D eigenvalue weighted by molar-refractivity contribution is 0.0800. The van der Waals surface area contributed by atoms with Crippen molar-refractivity contribution in [1.82, 2.24) is 4.98 Å². The van der Waals surface area contributed by atoms with E-state index in [1.165, 1.54) is 0 Å². The fourth-order valence-electron chi connectivity index (χ4n) is 2.76. The first kappa shape index (κ1) is 14.5. The predicted molar refractivity (Wildman–Crippen MR) is 88.6 cm³/mol. The van der Waals surface area contributed by atoms with Gasteiger partial charge in [0.2, 0.25) is 0 Å². The van der Waals surface area contributed by atoms with Crippen LogP contribution in [0.25, 0.3) is 0 Å². The summed E-state index contributed by atoms with van der Waals surface area (Å²) in [5, 5.41) is 11.5. The van der Waals surface area contributed by atoms with Crippen molar-refractivity contribution in [2.45, 2.75) is 18.9 Å². The molecule has 3 aromatic rings. The second kappa shape index (κ2) is 6.12. The van der Waals surface area contributed by atoms with Crippen LogP contribution in [0.1, 0.15) is 22.5 Å². The Balaban J connectivity index is 2.08. The average molecular weight is 289 g/mol. The molecule has 0 aliphatic rings. The highest BCUT2D eigenvalue weighted by molar-refractivity contribution is 5.37. The molecule has 2 nitrogen and oxygen atoms in total. The number of aromatic nitrogens is 1. The van der Waals surface area contributed by atoms with Crippen molar-refractivity contribution in [1.29, 1.82) is 0 Å². The fraction of sp³-hybridized carbons (Fsp3) is 0.150. The van der Waals surface area contributed by atoms with Crippen LogP contribution >= 0.6 is 0 Å². The molecule has 0 unspecified atom stereocenters. The molecule has 0 saturated heterocycles. The van der Waals surface area contributed by atoms with Gasteiger partial charge in [0.15, 0.2) is 0 Å². The van der Waals surface area contributed by atoms with Gasteiger partial charge >= 0.3 is 0 Å². The van der Waals surface area contributed by atoms with Crippen molar-refractivity contribution in [3.05, 3.63) is 101 Å². The minimum atomic E-state index is -1.08. The van der Waals surface area contributed by atoms with E-state index in [4.69, 9.17) is 0 Å². The van der Waals surface area contributed by atoms with Gasteiger partial charge in [-0.05, 0) is 30.2 Å². The number of aryl methyl sites for hydroxylation is 1. The smallest absolute Gasteiger partial charge is 0.120 e. The van der Waals surface area contributed by atoms with Crippen LogP contribution in [0.5, 0.6) is 0 Å². The molecule has 0 atom stereocenters. The van der Waals surface area contributed by atoms with E-state index < -0.39 is 5.60 Å². The Kier molecular flexibility index (Phi) is 4.03. The van der Waals surface area contributed by atoms with Gasteiger partial charge < -0.3 is 5.11 Å². The van der Waals surface area contributed by atoms with Crippen molar-refractivity contribution in [2.24, 2.45) is 0 Å². The van der Waals surface area contributed by atoms with Crippen LogP contribution in [0.15, 0.2) is 78.9 Å². The summed E-state index contributed by atoms with van der Waals surface area (Å²) in [6.45, 7) is 1.97. The van der Waals surface area contributed by atoms with Crippen molar-refractivity contribution < 1.29 is 5.11 Å². The Hall–Kier alpha value is -2.45. The maximum absolute atomic E-state index is 11.5. The maximum atomic E-state index is 11.5. The third kappa shape index (κ3) is 2.92. The number of hydrogen-bond acceptors (Lipinski definition) is 2. The molecular formula is C20H19NO. The third-order valence-electron chi connectivity index (χ3n) is 3.89. The van der Waals surface area contributed by atoms with E-state index in [9.17, 15) is 5.11 Å². The van der Waals surface area contributed by atoms with Gasteiger partial charge in [0.05, 0.1) is 0 Å². The highest BCUT2D eigenvalue weighted by atomic mass is 16.3. The summed E-state index contributed by atoms with van der Waals surface area (Å²) in [5.41, 5.74) is 2.52. The Bertz CT molecular complexity index is 698. The highest BCUT2D eigenvalue weighted by Crippen LogP contribution is 2.32. The Morgan fingerprint density at radius 2 is 1.32 bits per heavy atom. The molecule has 0 aliphatic heterocycles. The monoisotopic (exact) mass is 289 g/mol. The number of nitrogens with zero attached hydrogens (tertiary/aromatic N) is 1. The van der Waals surface area contributed by atoms with Gasteiger partial charge in [-0.2, -0.15) is 0 Å².